The Morgan fingerprint density at radius 2 is 2.20 bits per heavy atom. The third kappa shape index (κ3) is 3.84. The fraction of sp³-hybridized carbons (Fsp3) is 0.500. The van der Waals surface area contributed by atoms with E-state index in [1.165, 1.54) is 12.1 Å². The van der Waals surface area contributed by atoms with Crippen LogP contribution in [0.1, 0.15) is 12.8 Å². The molecule has 0 aliphatic carbocycles. The molecule has 20 heavy (non-hydrogen) atoms. The van der Waals surface area contributed by atoms with Crippen LogP contribution in [0.3, 0.4) is 0 Å². The zero-order valence-corrected chi connectivity index (χ0v) is 12.1. The molecule has 0 aromatic heterocycles. The number of carbonyl (C=O) groups is 1. The number of likely N-dealkylation sites (N-methyl/N-ethyl adjacent to an activating group) is 1. The molecule has 1 amide bonds. The molecule has 1 aromatic carbocycles. The molecule has 110 valence electrons. The van der Waals surface area contributed by atoms with Crippen molar-refractivity contribution in [1.29, 1.82) is 0 Å². The summed E-state index contributed by atoms with van der Waals surface area (Å²) in [4.78, 5) is 13.8. The number of carbonyl (C=O) groups excluding carboxylic acids is 1. The first-order valence-corrected chi connectivity index (χ1v) is 7.00. The first-order valence-electron chi connectivity index (χ1n) is 6.62. The van der Waals surface area contributed by atoms with Gasteiger partial charge >= 0.3 is 0 Å². The lowest BCUT2D eigenvalue weighted by atomic mass is 10.1. The van der Waals surface area contributed by atoms with Crippen LogP contribution in [0.2, 0.25) is 5.02 Å². The minimum Gasteiger partial charge on any atom is -0.482 e. The van der Waals surface area contributed by atoms with E-state index < -0.39 is 5.82 Å². The van der Waals surface area contributed by atoms with Crippen molar-refractivity contribution in [3.63, 3.8) is 0 Å². The van der Waals surface area contributed by atoms with Crippen LogP contribution in [0, 0.1) is 5.82 Å². The van der Waals surface area contributed by atoms with Crippen LogP contribution >= 0.6 is 11.6 Å². The van der Waals surface area contributed by atoms with Crippen molar-refractivity contribution in [2.24, 2.45) is 0 Å². The SMILES string of the molecule is CN(C(=O)COc1ccc(F)cc1Cl)C1CCNCC1. The van der Waals surface area contributed by atoms with Gasteiger partial charge in [-0.25, -0.2) is 4.39 Å². The molecule has 0 saturated carbocycles. The van der Waals surface area contributed by atoms with E-state index in [-0.39, 0.29) is 23.6 Å². The molecule has 1 aliphatic rings. The summed E-state index contributed by atoms with van der Waals surface area (Å²) in [6.07, 6.45) is 1.89. The van der Waals surface area contributed by atoms with Gasteiger partial charge in [-0.15, -0.1) is 0 Å². The predicted molar refractivity (Wildman–Crippen MR) is 75.6 cm³/mol. The topological polar surface area (TPSA) is 41.6 Å². The monoisotopic (exact) mass is 300 g/mol. The standard InChI is InChI=1S/C14H18ClFN2O2/c1-18(11-4-6-17-7-5-11)14(19)9-20-13-3-2-10(16)8-12(13)15/h2-3,8,11,17H,4-7,9H2,1H3. The molecule has 0 radical (unpaired) electrons. The third-order valence-electron chi connectivity index (χ3n) is 3.49. The van der Waals surface area contributed by atoms with Crippen LogP contribution in [0.4, 0.5) is 4.39 Å². The fourth-order valence-electron chi connectivity index (χ4n) is 2.23. The summed E-state index contributed by atoms with van der Waals surface area (Å²) in [7, 11) is 1.79. The second-order valence-electron chi connectivity index (χ2n) is 4.85. The summed E-state index contributed by atoms with van der Waals surface area (Å²) in [6, 6.07) is 4.09. The molecule has 0 bridgehead atoms. The van der Waals surface area contributed by atoms with Crippen LogP contribution < -0.4 is 10.1 Å². The maximum Gasteiger partial charge on any atom is 0.260 e. The fourth-order valence-corrected chi connectivity index (χ4v) is 2.45. The third-order valence-corrected chi connectivity index (χ3v) is 3.79. The van der Waals surface area contributed by atoms with Crippen molar-refractivity contribution >= 4 is 17.5 Å². The Morgan fingerprint density at radius 3 is 2.85 bits per heavy atom. The summed E-state index contributed by atoms with van der Waals surface area (Å²) < 4.78 is 18.3. The van der Waals surface area contributed by atoms with Crippen molar-refractivity contribution in [3.05, 3.63) is 29.0 Å². The average molecular weight is 301 g/mol. The van der Waals surface area contributed by atoms with E-state index in [4.69, 9.17) is 16.3 Å². The predicted octanol–water partition coefficient (Wildman–Crippen LogP) is 2.07. The molecular formula is C14H18ClFN2O2. The van der Waals surface area contributed by atoms with E-state index in [1.807, 2.05) is 0 Å². The van der Waals surface area contributed by atoms with Gasteiger partial charge in [-0.1, -0.05) is 11.6 Å². The van der Waals surface area contributed by atoms with Crippen molar-refractivity contribution in [3.8, 4) is 5.75 Å². The molecule has 6 heteroatoms. The Labute approximate surface area is 122 Å². The van der Waals surface area contributed by atoms with Gasteiger partial charge in [0.25, 0.3) is 5.91 Å². The number of ether oxygens (including phenoxy) is 1. The highest BCUT2D eigenvalue weighted by atomic mass is 35.5. The summed E-state index contributed by atoms with van der Waals surface area (Å²) >= 11 is 5.84. The highest BCUT2D eigenvalue weighted by molar-refractivity contribution is 6.32. The molecular weight excluding hydrogens is 283 g/mol. The Balaban J connectivity index is 1.87. The van der Waals surface area contributed by atoms with Gasteiger partial charge in [0.1, 0.15) is 11.6 Å². The number of amides is 1. The van der Waals surface area contributed by atoms with Gasteiger partial charge < -0.3 is 15.0 Å². The Kier molecular flexibility index (Phi) is 5.20. The number of piperidine rings is 1. The first kappa shape index (κ1) is 15.1. The van der Waals surface area contributed by atoms with Crippen molar-refractivity contribution in [2.45, 2.75) is 18.9 Å². The smallest absolute Gasteiger partial charge is 0.260 e. The number of hydrogen-bond donors (Lipinski definition) is 1. The Bertz CT molecular complexity index is 478. The van der Waals surface area contributed by atoms with Gasteiger partial charge in [0.2, 0.25) is 0 Å². The number of benzene rings is 1. The van der Waals surface area contributed by atoms with Crippen molar-refractivity contribution < 1.29 is 13.9 Å². The number of nitrogens with one attached hydrogen (secondary N) is 1. The quantitative estimate of drug-likeness (QED) is 0.925. The van der Waals surface area contributed by atoms with E-state index in [0.717, 1.165) is 32.0 Å². The van der Waals surface area contributed by atoms with Gasteiger partial charge in [0.05, 0.1) is 5.02 Å². The highest BCUT2D eigenvalue weighted by Crippen LogP contribution is 2.24. The van der Waals surface area contributed by atoms with Gasteiger partial charge in [0, 0.05) is 13.1 Å². The van der Waals surface area contributed by atoms with Crippen LogP contribution in [0.25, 0.3) is 0 Å². The summed E-state index contributed by atoms with van der Waals surface area (Å²) in [5.74, 6) is -0.210. The molecule has 0 spiro atoms. The van der Waals surface area contributed by atoms with Crippen LogP contribution in [-0.2, 0) is 4.79 Å². The van der Waals surface area contributed by atoms with E-state index in [0.29, 0.717) is 5.75 Å². The molecule has 1 aromatic rings. The Hall–Kier alpha value is -1.33. The lowest BCUT2D eigenvalue weighted by molar-refractivity contribution is -0.134. The van der Waals surface area contributed by atoms with Crippen molar-refractivity contribution in [2.75, 3.05) is 26.7 Å². The van der Waals surface area contributed by atoms with Crippen LogP contribution in [0.5, 0.6) is 5.75 Å². The van der Waals surface area contributed by atoms with Crippen LogP contribution in [-0.4, -0.2) is 43.6 Å². The summed E-state index contributed by atoms with van der Waals surface area (Å²) in [6.45, 7) is 1.76. The lowest BCUT2D eigenvalue weighted by Crippen LogP contribution is -2.45. The lowest BCUT2D eigenvalue weighted by Gasteiger charge is -2.31. The maximum absolute atomic E-state index is 12.9. The maximum atomic E-state index is 12.9. The first-order chi connectivity index (χ1) is 9.58. The number of halogens is 2. The second-order valence-corrected chi connectivity index (χ2v) is 5.26. The van der Waals surface area contributed by atoms with E-state index >= 15 is 0 Å². The number of nitrogens with zero attached hydrogens (tertiary/aromatic N) is 1. The number of hydrogen-bond acceptors (Lipinski definition) is 3. The Morgan fingerprint density at radius 1 is 1.50 bits per heavy atom. The second kappa shape index (κ2) is 6.90. The van der Waals surface area contributed by atoms with Crippen LogP contribution in [0.15, 0.2) is 18.2 Å². The largest absolute Gasteiger partial charge is 0.482 e. The molecule has 0 atom stereocenters. The molecule has 1 fully saturated rings. The van der Waals surface area contributed by atoms with Gasteiger partial charge in [0.15, 0.2) is 6.61 Å². The number of rotatable bonds is 4. The van der Waals surface area contributed by atoms with Gasteiger partial charge in [-0.05, 0) is 44.1 Å². The van der Waals surface area contributed by atoms with E-state index in [1.54, 1.807) is 11.9 Å². The van der Waals surface area contributed by atoms with Crippen molar-refractivity contribution in [1.82, 2.24) is 10.2 Å². The minimum absolute atomic E-state index is 0.0915. The zero-order valence-electron chi connectivity index (χ0n) is 11.4. The molecule has 1 heterocycles. The van der Waals surface area contributed by atoms with E-state index in [9.17, 15) is 9.18 Å². The summed E-state index contributed by atoms with van der Waals surface area (Å²) in [5.41, 5.74) is 0. The normalized spacial score (nSPS) is 15.9. The van der Waals surface area contributed by atoms with Gasteiger partial charge in [-0.2, -0.15) is 0 Å². The molecule has 1 N–H and O–H groups in total. The minimum atomic E-state index is -0.430. The molecule has 0 unspecified atom stereocenters. The van der Waals surface area contributed by atoms with Gasteiger partial charge in [-0.3, -0.25) is 4.79 Å². The highest BCUT2D eigenvalue weighted by Gasteiger charge is 2.22. The summed E-state index contributed by atoms with van der Waals surface area (Å²) in [5, 5.41) is 3.43. The molecule has 4 nitrogen and oxygen atoms in total. The van der Waals surface area contributed by atoms with E-state index in [2.05, 4.69) is 5.32 Å². The zero-order chi connectivity index (χ0) is 14.5. The average Bonchev–Trinajstić information content (AvgIpc) is 2.46. The molecule has 1 aliphatic heterocycles. The molecule has 2 rings (SSSR count). The molecule has 1 saturated heterocycles.